The Morgan fingerprint density at radius 3 is 1.81 bits per heavy atom. The van der Waals surface area contributed by atoms with Crippen molar-refractivity contribution < 1.29 is 9.84 Å². The Labute approximate surface area is 130 Å². The second-order valence-electron chi connectivity index (χ2n) is 7.00. The molecule has 4 nitrogen and oxygen atoms in total. The van der Waals surface area contributed by atoms with Gasteiger partial charge in [-0.15, -0.1) is 0 Å². The van der Waals surface area contributed by atoms with Crippen LogP contribution < -0.4 is 0 Å². The molecule has 2 saturated heterocycles. The van der Waals surface area contributed by atoms with Crippen LogP contribution in [0.15, 0.2) is 0 Å². The van der Waals surface area contributed by atoms with Gasteiger partial charge in [0.05, 0.1) is 19.3 Å². The number of aliphatic hydroxyl groups is 1. The summed E-state index contributed by atoms with van der Waals surface area (Å²) in [6.07, 6.45) is 5.76. The highest BCUT2D eigenvalue weighted by molar-refractivity contribution is 4.82. The normalized spacial score (nSPS) is 24.0. The summed E-state index contributed by atoms with van der Waals surface area (Å²) in [7, 11) is 0. The minimum atomic E-state index is 0.307. The van der Waals surface area contributed by atoms with E-state index in [0.29, 0.717) is 12.7 Å². The van der Waals surface area contributed by atoms with Gasteiger partial charge in [-0.1, -0.05) is 0 Å². The molecule has 0 amide bonds. The number of β-amino-alcohol motifs (C(OH)–C–C–N with tert-alkyl or cyclic N) is 1. The molecule has 2 rings (SSSR count). The number of rotatable bonds is 7. The molecule has 2 heterocycles. The van der Waals surface area contributed by atoms with Crippen LogP contribution in [0.5, 0.6) is 0 Å². The van der Waals surface area contributed by atoms with Gasteiger partial charge in [-0.25, -0.2) is 0 Å². The Morgan fingerprint density at radius 1 is 0.905 bits per heavy atom. The lowest BCUT2D eigenvalue weighted by Crippen LogP contribution is -2.42. The number of hydrogen-bond donors (Lipinski definition) is 1. The number of likely N-dealkylation sites (tertiary alicyclic amines) is 2. The van der Waals surface area contributed by atoms with Crippen molar-refractivity contribution in [2.75, 3.05) is 52.5 Å². The Morgan fingerprint density at radius 2 is 1.38 bits per heavy atom. The molecule has 0 radical (unpaired) electrons. The zero-order chi connectivity index (χ0) is 15.1. The number of aliphatic hydroxyl groups excluding tert-OH is 1. The molecule has 1 N–H and O–H groups in total. The zero-order valence-electron chi connectivity index (χ0n) is 14.0. The number of ether oxygens (including phenoxy) is 1. The van der Waals surface area contributed by atoms with E-state index in [1.54, 1.807) is 0 Å². The Hall–Kier alpha value is -0.160. The SMILES string of the molecule is CC(C)OCCN1CCC(C2CCN(CCO)CC2)CC1. The highest BCUT2D eigenvalue weighted by atomic mass is 16.5. The molecule has 0 aromatic rings. The van der Waals surface area contributed by atoms with E-state index in [2.05, 4.69) is 23.6 Å². The summed E-state index contributed by atoms with van der Waals surface area (Å²) < 4.78 is 5.65. The summed E-state index contributed by atoms with van der Waals surface area (Å²) in [5.74, 6) is 1.86. The van der Waals surface area contributed by atoms with Crippen LogP contribution in [0.25, 0.3) is 0 Å². The minimum absolute atomic E-state index is 0.307. The fraction of sp³-hybridized carbons (Fsp3) is 1.00. The molecule has 2 aliphatic rings. The maximum atomic E-state index is 9.01. The summed E-state index contributed by atoms with van der Waals surface area (Å²) in [5.41, 5.74) is 0. The van der Waals surface area contributed by atoms with E-state index in [-0.39, 0.29) is 0 Å². The number of hydrogen-bond acceptors (Lipinski definition) is 4. The van der Waals surface area contributed by atoms with Gasteiger partial charge in [0.1, 0.15) is 0 Å². The first-order valence-electron chi connectivity index (χ1n) is 8.86. The van der Waals surface area contributed by atoms with Crippen LogP contribution in [0.3, 0.4) is 0 Å². The van der Waals surface area contributed by atoms with Crippen LogP contribution in [0.4, 0.5) is 0 Å². The lowest BCUT2D eigenvalue weighted by Gasteiger charge is -2.40. The van der Waals surface area contributed by atoms with E-state index in [1.807, 2.05) is 0 Å². The highest BCUT2D eigenvalue weighted by Crippen LogP contribution is 2.32. The fourth-order valence-electron chi connectivity index (χ4n) is 3.85. The van der Waals surface area contributed by atoms with Gasteiger partial charge in [0.25, 0.3) is 0 Å². The molecule has 124 valence electrons. The molecule has 21 heavy (non-hydrogen) atoms. The minimum Gasteiger partial charge on any atom is -0.395 e. The van der Waals surface area contributed by atoms with Crippen molar-refractivity contribution in [2.24, 2.45) is 11.8 Å². The summed E-state index contributed by atoms with van der Waals surface area (Å²) in [4.78, 5) is 4.98. The molecular weight excluding hydrogens is 264 g/mol. The average molecular weight is 298 g/mol. The fourth-order valence-corrected chi connectivity index (χ4v) is 3.85. The van der Waals surface area contributed by atoms with E-state index >= 15 is 0 Å². The summed E-state index contributed by atoms with van der Waals surface area (Å²) in [5, 5.41) is 9.01. The third kappa shape index (κ3) is 5.85. The molecule has 0 bridgehead atoms. The first kappa shape index (κ1) is 17.2. The zero-order valence-corrected chi connectivity index (χ0v) is 14.0. The highest BCUT2D eigenvalue weighted by Gasteiger charge is 2.29. The maximum Gasteiger partial charge on any atom is 0.0596 e. The third-order valence-corrected chi connectivity index (χ3v) is 5.21. The Kier molecular flexibility index (Phi) is 7.44. The van der Waals surface area contributed by atoms with Crippen LogP contribution >= 0.6 is 0 Å². The first-order chi connectivity index (χ1) is 10.2. The standard InChI is InChI=1S/C17H34N2O2/c1-15(2)21-14-12-19-9-5-17(6-10-19)16-3-7-18(8-4-16)11-13-20/h15-17,20H,3-14H2,1-2H3. The van der Waals surface area contributed by atoms with E-state index in [0.717, 1.165) is 31.5 Å². The van der Waals surface area contributed by atoms with Gasteiger partial charge in [-0.3, -0.25) is 0 Å². The average Bonchev–Trinajstić information content (AvgIpc) is 2.49. The van der Waals surface area contributed by atoms with Crippen molar-refractivity contribution in [3.63, 3.8) is 0 Å². The lowest BCUT2D eigenvalue weighted by atomic mass is 9.79. The van der Waals surface area contributed by atoms with Gasteiger partial charge >= 0.3 is 0 Å². The predicted octanol–water partition coefficient (Wildman–Crippen LogP) is 1.83. The van der Waals surface area contributed by atoms with E-state index < -0.39 is 0 Å². The molecule has 0 saturated carbocycles. The second-order valence-corrected chi connectivity index (χ2v) is 7.00. The van der Waals surface area contributed by atoms with Crippen molar-refractivity contribution in [1.82, 2.24) is 9.80 Å². The van der Waals surface area contributed by atoms with E-state index in [9.17, 15) is 0 Å². The summed E-state index contributed by atoms with van der Waals surface area (Å²) in [6.45, 7) is 12.2. The van der Waals surface area contributed by atoms with Crippen LogP contribution in [0.1, 0.15) is 39.5 Å². The van der Waals surface area contributed by atoms with Gasteiger partial charge in [0.2, 0.25) is 0 Å². The molecule has 4 heteroatoms. The molecule has 2 aliphatic heterocycles. The van der Waals surface area contributed by atoms with Gasteiger partial charge < -0.3 is 19.6 Å². The third-order valence-electron chi connectivity index (χ3n) is 5.21. The van der Waals surface area contributed by atoms with Gasteiger partial charge in [0.15, 0.2) is 0 Å². The smallest absolute Gasteiger partial charge is 0.0596 e. The molecule has 0 atom stereocenters. The quantitative estimate of drug-likeness (QED) is 0.778. The largest absolute Gasteiger partial charge is 0.395 e. The molecule has 0 spiro atoms. The second kappa shape index (κ2) is 9.09. The maximum absolute atomic E-state index is 9.01. The van der Waals surface area contributed by atoms with Crippen molar-refractivity contribution in [3.8, 4) is 0 Å². The van der Waals surface area contributed by atoms with E-state index in [4.69, 9.17) is 9.84 Å². The van der Waals surface area contributed by atoms with Crippen LogP contribution in [0, 0.1) is 11.8 Å². The number of nitrogens with zero attached hydrogens (tertiary/aromatic N) is 2. The topological polar surface area (TPSA) is 35.9 Å². The summed E-state index contributed by atoms with van der Waals surface area (Å²) in [6, 6.07) is 0. The molecule has 2 fully saturated rings. The van der Waals surface area contributed by atoms with Crippen LogP contribution in [0.2, 0.25) is 0 Å². The van der Waals surface area contributed by atoms with Crippen molar-refractivity contribution in [2.45, 2.75) is 45.6 Å². The van der Waals surface area contributed by atoms with E-state index in [1.165, 1.54) is 51.9 Å². The molecule has 0 unspecified atom stereocenters. The molecule has 0 aromatic heterocycles. The number of piperidine rings is 2. The van der Waals surface area contributed by atoms with Crippen molar-refractivity contribution in [3.05, 3.63) is 0 Å². The van der Waals surface area contributed by atoms with Crippen molar-refractivity contribution >= 4 is 0 Å². The van der Waals surface area contributed by atoms with Crippen LogP contribution in [-0.2, 0) is 4.74 Å². The lowest BCUT2D eigenvalue weighted by molar-refractivity contribution is 0.0413. The Balaban J connectivity index is 1.61. The predicted molar refractivity (Wildman–Crippen MR) is 86.5 cm³/mol. The molecule has 0 aromatic carbocycles. The monoisotopic (exact) mass is 298 g/mol. The molecular formula is C17H34N2O2. The van der Waals surface area contributed by atoms with Crippen LogP contribution in [-0.4, -0.2) is 73.5 Å². The Bertz CT molecular complexity index is 270. The molecule has 0 aliphatic carbocycles. The van der Waals surface area contributed by atoms with Gasteiger partial charge in [-0.05, 0) is 77.5 Å². The van der Waals surface area contributed by atoms with Gasteiger partial charge in [0, 0.05) is 13.1 Å². The van der Waals surface area contributed by atoms with Gasteiger partial charge in [-0.2, -0.15) is 0 Å². The first-order valence-corrected chi connectivity index (χ1v) is 8.86. The van der Waals surface area contributed by atoms with Crippen molar-refractivity contribution in [1.29, 1.82) is 0 Å². The summed E-state index contributed by atoms with van der Waals surface area (Å²) >= 11 is 0.